The van der Waals surface area contributed by atoms with Crippen molar-refractivity contribution in [2.24, 2.45) is 0 Å². The molecule has 0 bridgehead atoms. The van der Waals surface area contributed by atoms with Crippen LogP contribution in [-0.4, -0.2) is 48.6 Å². The first-order valence-electron chi connectivity index (χ1n) is 9.81. The summed E-state index contributed by atoms with van der Waals surface area (Å²) >= 11 is 0. The average Bonchev–Trinajstić information content (AvgIpc) is 3.25. The number of ether oxygens (including phenoxy) is 2. The molecule has 2 aliphatic heterocycles. The lowest BCUT2D eigenvalue weighted by atomic mass is 10.2. The van der Waals surface area contributed by atoms with Gasteiger partial charge in [0.15, 0.2) is 0 Å². The minimum Gasteiger partial charge on any atom is -0.444 e. The maximum atomic E-state index is 12.9. The third kappa shape index (κ3) is 5.04. The highest BCUT2D eigenvalue weighted by atomic mass is 19.4. The zero-order chi connectivity index (χ0) is 22.9. The first-order chi connectivity index (χ1) is 15.2. The minimum absolute atomic E-state index is 0.177. The second-order valence-electron chi connectivity index (χ2n) is 7.48. The fraction of sp³-hybridized carbons (Fsp3) is 0.333. The normalized spacial score (nSPS) is 20.3. The summed E-state index contributed by atoms with van der Waals surface area (Å²) in [5.41, 5.74) is 1.17. The van der Waals surface area contributed by atoms with Gasteiger partial charge in [-0.25, -0.2) is 14.0 Å². The van der Waals surface area contributed by atoms with Crippen molar-refractivity contribution in [1.29, 1.82) is 0 Å². The second-order valence-corrected chi connectivity index (χ2v) is 7.48. The van der Waals surface area contributed by atoms with E-state index >= 15 is 0 Å². The smallest absolute Gasteiger partial charge is 0.444 e. The third-order valence-corrected chi connectivity index (χ3v) is 5.25. The van der Waals surface area contributed by atoms with Gasteiger partial charge in [0, 0.05) is 25.2 Å². The Kier molecular flexibility index (Phi) is 5.81. The van der Waals surface area contributed by atoms with Crippen molar-refractivity contribution in [3.63, 3.8) is 0 Å². The Morgan fingerprint density at radius 3 is 2.38 bits per heavy atom. The Morgan fingerprint density at radius 2 is 1.75 bits per heavy atom. The predicted molar refractivity (Wildman–Crippen MR) is 104 cm³/mol. The standard InChI is InChI=1S/C21H19F4N3O4/c22-14-3-1-13(2-4-14)10-26-19(29)31-18-9-16-11-27(20(30)28(16)12-18)15-5-7-17(8-6-15)32-21(23,24)25/h1-8,16,18H,9-12H2,(H,26,29)/t16-,18+/m0/s1. The molecule has 2 atom stereocenters. The van der Waals surface area contributed by atoms with E-state index in [0.717, 1.165) is 12.1 Å². The summed E-state index contributed by atoms with van der Waals surface area (Å²) in [6, 6.07) is 10.3. The topological polar surface area (TPSA) is 71.1 Å². The van der Waals surface area contributed by atoms with Crippen LogP contribution in [0.2, 0.25) is 0 Å². The number of urea groups is 1. The molecule has 170 valence electrons. The number of benzene rings is 2. The Hall–Kier alpha value is -3.50. The molecule has 4 rings (SSSR count). The van der Waals surface area contributed by atoms with Crippen LogP contribution in [0.25, 0.3) is 0 Å². The zero-order valence-electron chi connectivity index (χ0n) is 16.6. The van der Waals surface area contributed by atoms with Gasteiger partial charge in [0.05, 0.1) is 12.6 Å². The molecule has 2 fully saturated rings. The van der Waals surface area contributed by atoms with Gasteiger partial charge in [-0.2, -0.15) is 0 Å². The number of nitrogens with one attached hydrogen (secondary N) is 1. The van der Waals surface area contributed by atoms with E-state index in [9.17, 15) is 27.2 Å². The molecule has 0 saturated carbocycles. The van der Waals surface area contributed by atoms with Crippen molar-refractivity contribution >= 4 is 17.8 Å². The largest absolute Gasteiger partial charge is 0.573 e. The van der Waals surface area contributed by atoms with Crippen LogP contribution in [0.15, 0.2) is 48.5 Å². The van der Waals surface area contributed by atoms with Crippen LogP contribution in [0, 0.1) is 5.82 Å². The molecule has 2 saturated heterocycles. The average molecular weight is 453 g/mol. The van der Waals surface area contributed by atoms with Crippen LogP contribution in [0.3, 0.4) is 0 Å². The van der Waals surface area contributed by atoms with Crippen LogP contribution in [0.4, 0.5) is 32.8 Å². The predicted octanol–water partition coefficient (Wildman–Crippen LogP) is 4.03. The zero-order valence-corrected chi connectivity index (χ0v) is 16.6. The fourth-order valence-electron chi connectivity index (χ4n) is 3.82. The molecule has 11 heteroatoms. The van der Waals surface area contributed by atoms with Gasteiger partial charge < -0.3 is 19.7 Å². The van der Waals surface area contributed by atoms with Crippen molar-refractivity contribution in [3.05, 3.63) is 59.9 Å². The van der Waals surface area contributed by atoms with E-state index in [1.54, 1.807) is 17.0 Å². The summed E-state index contributed by atoms with van der Waals surface area (Å²) in [7, 11) is 0. The van der Waals surface area contributed by atoms with Gasteiger partial charge in [0.25, 0.3) is 0 Å². The molecule has 2 heterocycles. The van der Waals surface area contributed by atoms with Gasteiger partial charge in [0.2, 0.25) is 0 Å². The summed E-state index contributed by atoms with van der Waals surface area (Å²) in [4.78, 5) is 27.8. The van der Waals surface area contributed by atoms with Crippen LogP contribution < -0.4 is 15.0 Å². The summed E-state index contributed by atoms with van der Waals surface area (Å²) < 4.78 is 59.0. The molecule has 2 aromatic carbocycles. The molecule has 0 unspecified atom stereocenters. The highest BCUT2D eigenvalue weighted by Gasteiger charge is 2.45. The van der Waals surface area contributed by atoms with E-state index in [1.807, 2.05) is 0 Å². The van der Waals surface area contributed by atoms with Crippen molar-refractivity contribution in [3.8, 4) is 5.75 Å². The molecule has 2 aliphatic rings. The van der Waals surface area contributed by atoms with Gasteiger partial charge in [-0.05, 0) is 42.0 Å². The summed E-state index contributed by atoms with van der Waals surface area (Å²) in [5.74, 6) is -0.735. The number of alkyl carbamates (subject to hydrolysis) is 1. The van der Waals surface area contributed by atoms with E-state index in [0.29, 0.717) is 24.2 Å². The minimum atomic E-state index is -4.78. The fourth-order valence-corrected chi connectivity index (χ4v) is 3.82. The van der Waals surface area contributed by atoms with Crippen LogP contribution >= 0.6 is 0 Å². The number of hydrogen-bond donors (Lipinski definition) is 1. The van der Waals surface area contributed by atoms with E-state index in [-0.39, 0.29) is 36.7 Å². The third-order valence-electron chi connectivity index (χ3n) is 5.25. The van der Waals surface area contributed by atoms with Crippen molar-refractivity contribution < 1.29 is 36.6 Å². The van der Waals surface area contributed by atoms with Crippen LogP contribution in [-0.2, 0) is 11.3 Å². The summed E-state index contributed by atoms with van der Waals surface area (Å²) in [6.07, 6.45) is -5.44. The number of nitrogens with zero attached hydrogens (tertiary/aromatic N) is 2. The molecule has 0 spiro atoms. The SMILES string of the molecule is O=C(NCc1ccc(F)cc1)O[C@@H]1C[C@H]2CN(c3ccc(OC(F)(F)F)cc3)C(=O)N2C1. The maximum absolute atomic E-state index is 12.9. The molecule has 0 radical (unpaired) electrons. The van der Waals surface area contributed by atoms with Crippen molar-refractivity contribution in [2.75, 3.05) is 18.0 Å². The highest BCUT2D eigenvalue weighted by Crippen LogP contribution is 2.33. The molecule has 3 amide bonds. The monoisotopic (exact) mass is 453 g/mol. The van der Waals surface area contributed by atoms with Gasteiger partial charge >= 0.3 is 18.5 Å². The van der Waals surface area contributed by atoms with Gasteiger partial charge in [0.1, 0.15) is 17.7 Å². The first kappa shape index (κ1) is 21.7. The quantitative estimate of drug-likeness (QED) is 0.694. The van der Waals surface area contributed by atoms with Gasteiger partial charge in [-0.1, -0.05) is 12.1 Å². The van der Waals surface area contributed by atoms with E-state index in [4.69, 9.17) is 4.74 Å². The molecule has 2 aromatic rings. The Bertz CT molecular complexity index is 982. The number of hydrogen-bond acceptors (Lipinski definition) is 4. The number of halogens is 4. The number of carbonyl (C=O) groups is 2. The second kappa shape index (κ2) is 8.56. The number of rotatable bonds is 5. The van der Waals surface area contributed by atoms with E-state index in [1.165, 1.54) is 29.2 Å². The molecule has 1 N–H and O–H groups in total. The molecular formula is C21H19F4N3O4. The lowest BCUT2D eigenvalue weighted by molar-refractivity contribution is -0.274. The number of anilines is 1. The number of carbonyl (C=O) groups excluding carboxylic acids is 2. The van der Waals surface area contributed by atoms with Gasteiger partial charge in [-0.3, -0.25) is 4.90 Å². The molecule has 0 aliphatic carbocycles. The summed E-state index contributed by atoms with van der Waals surface area (Å²) in [6.45, 7) is 0.730. The Balaban J connectivity index is 1.27. The molecule has 32 heavy (non-hydrogen) atoms. The molecule has 0 aromatic heterocycles. The number of fused-ring (bicyclic) bond motifs is 1. The number of amides is 3. The maximum Gasteiger partial charge on any atom is 0.573 e. The van der Waals surface area contributed by atoms with Crippen molar-refractivity contribution in [1.82, 2.24) is 10.2 Å². The van der Waals surface area contributed by atoms with Crippen LogP contribution in [0.5, 0.6) is 5.75 Å². The van der Waals surface area contributed by atoms with E-state index < -0.39 is 18.6 Å². The first-order valence-corrected chi connectivity index (χ1v) is 9.81. The molecular weight excluding hydrogens is 434 g/mol. The lowest BCUT2D eigenvalue weighted by Crippen LogP contribution is -2.36. The molecule has 7 nitrogen and oxygen atoms in total. The van der Waals surface area contributed by atoms with Crippen LogP contribution in [0.1, 0.15) is 12.0 Å². The summed E-state index contributed by atoms with van der Waals surface area (Å²) in [5, 5.41) is 2.59. The van der Waals surface area contributed by atoms with Crippen molar-refractivity contribution in [2.45, 2.75) is 31.5 Å². The Labute approximate surface area is 180 Å². The van der Waals surface area contributed by atoms with Gasteiger partial charge in [-0.15, -0.1) is 13.2 Å². The number of alkyl halides is 3. The van der Waals surface area contributed by atoms with E-state index in [2.05, 4.69) is 10.1 Å². The Morgan fingerprint density at radius 1 is 1.06 bits per heavy atom. The highest BCUT2D eigenvalue weighted by molar-refractivity contribution is 5.95. The lowest BCUT2D eigenvalue weighted by Gasteiger charge is -2.20.